The Balaban J connectivity index is 1.67. The first-order chi connectivity index (χ1) is 13.9. The second kappa shape index (κ2) is 7.55. The molecule has 150 valence electrons. The number of carbonyl (C=O) groups is 2. The largest absolute Gasteiger partial charge is 0.480 e. The number of carboxylic acids is 1. The second-order valence-electron chi connectivity index (χ2n) is 7.76. The number of aliphatic carboxylic acids is 1. The predicted octanol–water partition coefficient (Wildman–Crippen LogP) is 3.97. The summed E-state index contributed by atoms with van der Waals surface area (Å²) in [7, 11) is 0. The highest BCUT2D eigenvalue weighted by Gasteiger charge is 2.31. The minimum absolute atomic E-state index is 0.339. The Morgan fingerprint density at radius 3 is 2.62 bits per heavy atom. The van der Waals surface area contributed by atoms with E-state index in [-0.39, 0.29) is 5.91 Å². The van der Waals surface area contributed by atoms with Crippen LogP contribution >= 0.6 is 11.8 Å². The SMILES string of the molecule is CC(C)(Sc1nccn1-c1ccc(C2CC2)c2ccccc12)C(=O)NCC(=O)O. The third kappa shape index (κ3) is 4.00. The van der Waals surface area contributed by atoms with E-state index in [4.69, 9.17) is 5.11 Å². The molecule has 0 bridgehead atoms. The van der Waals surface area contributed by atoms with Gasteiger partial charge < -0.3 is 10.4 Å². The summed E-state index contributed by atoms with van der Waals surface area (Å²) < 4.78 is 1.12. The number of amides is 1. The van der Waals surface area contributed by atoms with Crippen molar-refractivity contribution in [2.24, 2.45) is 0 Å². The molecular weight excluding hydrogens is 386 g/mol. The maximum absolute atomic E-state index is 12.4. The van der Waals surface area contributed by atoms with Crippen LogP contribution in [0, 0.1) is 0 Å². The maximum atomic E-state index is 12.4. The number of carboxylic acid groups (broad SMARTS) is 1. The van der Waals surface area contributed by atoms with E-state index in [0.717, 1.165) is 11.1 Å². The number of nitrogens with zero attached hydrogens (tertiary/aromatic N) is 2. The van der Waals surface area contributed by atoms with Gasteiger partial charge in [0, 0.05) is 17.8 Å². The van der Waals surface area contributed by atoms with Crippen molar-refractivity contribution in [3.8, 4) is 5.69 Å². The molecule has 0 aliphatic heterocycles. The average molecular weight is 410 g/mol. The molecule has 1 fully saturated rings. The van der Waals surface area contributed by atoms with Crippen molar-refractivity contribution in [1.82, 2.24) is 14.9 Å². The maximum Gasteiger partial charge on any atom is 0.322 e. The molecule has 1 aromatic heterocycles. The number of hydrogen-bond donors (Lipinski definition) is 2. The summed E-state index contributed by atoms with van der Waals surface area (Å²) in [5, 5.41) is 14.4. The summed E-state index contributed by atoms with van der Waals surface area (Å²) in [6, 6.07) is 12.7. The first kappa shape index (κ1) is 19.5. The van der Waals surface area contributed by atoms with Crippen molar-refractivity contribution in [3.05, 3.63) is 54.4 Å². The minimum atomic E-state index is -1.07. The number of hydrogen-bond acceptors (Lipinski definition) is 4. The van der Waals surface area contributed by atoms with Gasteiger partial charge in [0.05, 0.1) is 10.4 Å². The van der Waals surface area contributed by atoms with Crippen LogP contribution in [-0.2, 0) is 9.59 Å². The number of aromatic nitrogens is 2. The van der Waals surface area contributed by atoms with Gasteiger partial charge in [-0.1, -0.05) is 42.1 Å². The van der Waals surface area contributed by atoms with Crippen molar-refractivity contribution < 1.29 is 14.7 Å². The molecular formula is C22H23N3O3S. The van der Waals surface area contributed by atoms with E-state index >= 15 is 0 Å². The smallest absolute Gasteiger partial charge is 0.322 e. The van der Waals surface area contributed by atoms with Crippen LogP contribution in [0.3, 0.4) is 0 Å². The van der Waals surface area contributed by atoms with Crippen LogP contribution in [0.1, 0.15) is 38.2 Å². The minimum Gasteiger partial charge on any atom is -0.480 e. The fraction of sp³-hybridized carbons (Fsp3) is 0.318. The Labute approximate surface area is 173 Å². The predicted molar refractivity (Wildman–Crippen MR) is 114 cm³/mol. The molecule has 1 aliphatic carbocycles. The lowest BCUT2D eigenvalue weighted by Crippen LogP contribution is -2.42. The van der Waals surface area contributed by atoms with Gasteiger partial charge in [0.1, 0.15) is 6.54 Å². The van der Waals surface area contributed by atoms with Crippen LogP contribution in [0.5, 0.6) is 0 Å². The van der Waals surface area contributed by atoms with Gasteiger partial charge in [-0.3, -0.25) is 14.2 Å². The zero-order chi connectivity index (χ0) is 20.6. The summed E-state index contributed by atoms with van der Waals surface area (Å²) in [5.74, 6) is -0.751. The number of imidazole rings is 1. The number of fused-ring (bicyclic) bond motifs is 1. The molecule has 0 atom stereocenters. The highest BCUT2D eigenvalue weighted by molar-refractivity contribution is 8.01. The van der Waals surface area contributed by atoms with Gasteiger partial charge in [0.2, 0.25) is 5.91 Å². The molecule has 4 rings (SSSR count). The van der Waals surface area contributed by atoms with Crippen molar-refractivity contribution in [2.75, 3.05) is 6.54 Å². The van der Waals surface area contributed by atoms with Gasteiger partial charge in [-0.05, 0) is 49.6 Å². The summed E-state index contributed by atoms with van der Waals surface area (Å²) >= 11 is 1.31. The lowest BCUT2D eigenvalue weighted by atomic mass is 9.99. The third-order valence-electron chi connectivity index (χ3n) is 5.11. The molecule has 29 heavy (non-hydrogen) atoms. The molecule has 2 N–H and O–H groups in total. The van der Waals surface area contributed by atoms with Crippen LogP contribution in [0.25, 0.3) is 16.5 Å². The monoisotopic (exact) mass is 409 g/mol. The molecule has 1 amide bonds. The highest BCUT2D eigenvalue weighted by Crippen LogP contribution is 2.44. The molecule has 0 saturated heterocycles. The number of thioether (sulfide) groups is 1. The van der Waals surface area contributed by atoms with E-state index < -0.39 is 17.3 Å². The summed E-state index contributed by atoms with van der Waals surface area (Å²) in [4.78, 5) is 27.7. The second-order valence-corrected chi connectivity index (χ2v) is 9.35. The molecule has 2 aromatic carbocycles. The van der Waals surface area contributed by atoms with E-state index in [2.05, 4.69) is 40.6 Å². The van der Waals surface area contributed by atoms with Gasteiger partial charge in [-0.25, -0.2) is 4.98 Å². The zero-order valence-corrected chi connectivity index (χ0v) is 17.2. The lowest BCUT2D eigenvalue weighted by molar-refractivity contribution is -0.138. The van der Waals surface area contributed by atoms with E-state index in [0.29, 0.717) is 11.1 Å². The number of rotatable bonds is 7. The highest BCUT2D eigenvalue weighted by atomic mass is 32.2. The van der Waals surface area contributed by atoms with Crippen molar-refractivity contribution >= 4 is 34.4 Å². The van der Waals surface area contributed by atoms with Crippen LogP contribution < -0.4 is 5.32 Å². The lowest BCUT2D eigenvalue weighted by Gasteiger charge is -2.23. The molecule has 7 heteroatoms. The van der Waals surface area contributed by atoms with Crippen LogP contribution in [0.15, 0.2) is 53.9 Å². The van der Waals surface area contributed by atoms with Gasteiger partial charge in [-0.2, -0.15) is 0 Å². The summed E-state index contributed by atoms with van der Waals surface area (Å²) in [5.41, 5.74) is 2.42. The molecule has 0 unspecified atom stereocenters. The van der Waals surface area contributed by atoms with E-state index in [9.17, 15) is 9.59 Å². The Morgan fingerprint density at radius 1 is 1.21 bits per heavy atom. The van der Waals surface area contributed by atoms with Crippen LogP contribution in [0.2, 0.25) is 0 Å². The Morgan fingerprint density at radius 2 is 1.93 bits per heavy atom. The molecule has 1 heterocycles. The van der Waals surface area contributed by atoms with Crippen molar-refractivity contribution in [1.29, 1.82) is 0 Å². The quantitative estimate of drug-likeness (QED) is 0.577. The number of benzene rings is 2. The molecule has 6 nitrogen and oxygen atoms in total. The molecule has 1 saturated carbocycles. The van der Waals surface area contributed by atoms with Crippen LogP contribution in [0.4, 0.5) is 0 Å². The van der Waals surface area contributed by atoms with Crippen LogP contribution in [-0.4, -0.2) is 37.8 Å². The van der Waals surface area contributed by atoms with Gasteiger partial charge >= 0.3 is 5.97 Å². The molecule has 1 aliphatic rings. The van der Waals surface area contributed by atoms with E-state index in [1.807, 2.05) is 16.8 Å². The Hall–Kier alpha value is -2.80. The standard InChI is InChI=1S/C22H23N3O3S/c1-22(2,20(28)24-13-19(26)27)29-21-23-11-12-25(21)18-10-9-15(14-7-8-14)16-5-3-4-6-17(16)18/h3-6,9-12,14H,7-8,13H2,1-2H3,(H,24,28)(H,26,27). The fourth-order valence-corrected chi connectivity index (χ4v) is 4.45. The van der Waals surface area contributed by atoms with Gasteiger partial charge in [0.15, 0.2) is 5.16 Å². The molecule has 0 radical (unpaired) electrons. The van der Waals surface area contributed by atoms with E-state index in [1.54, 1.807) is 20.0 Å². The van der Waals surface area contributed by atoms with Crippen molar-refractivity contribution in [2.45, 2.75) is 42.5 Å². The first-order valence-corrected chi connectivity index (χ1v) is 10.4. The normalized spacial score (nSPS) is 14.1. The molecule has 3 aromatic rings. The van der Waals surface area contributed by atoms with Crippen molar-refractivity contribution in [3.63, 3.8) is 0 Å². The number of carbonyl (C=O) groups excluding carboxylic acids is 1. The van der Waals surface area contributed by atoms with Gasteiger partial charge in [-0.15, -0.1) is 0 Å². The Bertz CT molecular complexity index is 1090. The molecule has 0 spiro atoms. The average Bonchev–Trinajstić information content (AvgIpc) is 3.44. The summed E-state index contributed by atoms with van der Waals surface area (Å²) in [6.45, 7) is 3.13. The third-order valence-corrected chi connectivity index (χ3v) is 6.29. The topological polar surface area (TPSA) is 84.2 Å². The Kier molecular flexibility index (Phi) is 5.08. The summed E-state index contributed by atoms with van der Waals surface area (Å²) in [6.07, 6.45) is 6.10. The van der Waals surface area contributed by atoms with E-state index in [1.165, 1.54) is 35.6 Å². The van der Waals surface area contributed by atoms with Gasteiger partial charge in [0.25, 0.3) is 0 Å². The first-order valence-electron chi connectivity index (χ1n) is 9.61. The zero-order valence-electron chi connectivity index (χ0n) is 16.4. The fourth-order valence-electron chi connectivity index (χ4n) is 3.46. The number of nitrogens with one attached hydrogen (secondary N) is 1.